The van der Waals surface area contributed by atoms with Gasteiger partial charge in [0.05, 0.1) is 18.6 Å². The van der Waals surface area contributed by atoms with Crippen LogP contribution in [-0.4, -0.2) is 28.0 Å². The van der Waals surface area contributed by atoms with Crippen molar-refractivity contribution >= 4 is 21.6 Å². The predicted octanol–water partition coefficient (Wildman–Crippen LogP) is 3.82. The van der Waals surface area contributed by atoms with Gasteiger partial charge in [0.2, 0.25) is 0 Å². The van der Waals surface area contributed by atoms with Crippen LogP contribution in [0.5, 0.6) is 11.5 Å². The number of para-hydroxylation sites is 1. The Morgan fingerprint density at radius 1 is 0.968 bits per heavy atom. The number of ether oxygens (including phenoxy) is 2. The number of amides is 1. The van der Waals surface area contributed by atoms with Gasteiger partial charge in [0.15, 0.2) is 0 Å². The fraction of sp³-hybridized carbons (Fsp3) is 0.174. The Morgan fingerprint density at radius 2 is 1.71 bits per heavy atom. The van der Waals surface area contributed by atoms with Crippen molar-refractivity contribution in [2.75, 3.05) is 18.4 Å². The lowest BCUT2D eigenvalue weighted by atomic mass is 10.1. The predicted molar refractivity (Wildman–Crippen MR) is 119 cm³/mol. The van der Waals surface area contributed by atoms with Crippen LogP contribution >= 0.6 is 0 Å². The number of carbonyl (C=O) groups excluding carboxylic acids is 1. The lowest BCUT2D eigenvalue weighted by molar-refractivity contribution is 0.0950. The lowest BCUT2D eigenvalue weighted by Gasteiger charge is -2.12. The maximum atomic E-state index is 12.6. The Bertz CT molecular complexity index is 1140. The molecule has 0 bridgehead atoms. The second-order valence-corrected chi connectivity index (χ2v) is 8.27. The van der Waals surface area contributed by atoms with Gasteiger partial charge in [0.25, 0.3) is 15.9 Å². The van der Waals surface area contributed by atoms with Crippen molar-refractivity contribution in [3.05, 3.63) is 83.9 Å². The Balaban J connectivity index is 1.70. The topological polar surface area (TPSA) is 93.7 Å². The summed E-state index contributed by atoms with van der Waals surface area (Å²) in [6, 6.07) is 19.8. The molecule has 3 aromatic carbocycles. The van der Waals surface area contributed by atoms with Crippen LogP contribution in [0.2, 0.25) is 0 Å². The molecule has 162 valence electrons. The van der Waals surface area contributed by atoms with E-state index < -0.39 is 10.0 Å². The monoisotopic (exact) mass is 440 g/mol. The molecule has 0 radical (unpaired) electrons. The van der Waals surface area contributed by atoms with Crippen LogP contribution in [-0.2, 0) is 16.6 Å². The van der Waals surface area contributed by atoms with E-state index in [9.17, 15) is 13.2 Å². The number of carbonyl (C=O) groups is 1. The molecule has 0 heterocycles. The van der Waals surface area contributed by atoms with Crippen molar-refractivity contribution < 1.29 is 22.7 Å². The Hall–Kier alpha value is -3.52. The number of hydrogen-bond donors (Lipinski definition) is 2. The molecule has 0 saturated heterocycles. The zero-order valence-corrected chi connectivity index (χ0v) is 18.1. The molecule has 0 aliphatic heterocycles. The summed E-state index contributed by atoms with van der Waals surface area (Å²) in [7, 11) is -2.29. The second-order valence-electron chi connectivity index (χ2n) is 6.59. The van der Waals surface area contributed by atoms with Gasteiger partial charge in [-0.3, -0.25) is 9.52 Å². The molecule has 31 heavy (non-hydrogen) atoms. The molecule has 3 aromatic rings. The minimum Gasteiger partial charge on any atom is -0.497 e. The molecule has 0 spiro atoms. The molecule has 7 nitrogen and oxygen atoms in total. The Morgan fingerprint density at radius 3 is 2.42 bits per heavy atom. The van der Waals surface area contributed by atoms with E-state index in [1.807, 2.05) is 31.2 Å². The van der Waals surface area contributed by atoms with Gasteiger partial charge >= 0.3 is 0 Å². The van der Waals surface area contributed by atoms with Crippen LogP contribution in [0.1, 0.15) is 22.8 Å². The number of benzene rings is 3. The van der Waals surface area contributed by atoms with E-state index in [4.69, 9.17) is 9.47 Å². The van der Waals surface area contributed by atoms with Crippen LogP contribution in [0.4, 0.5) is 5.69 Å². The minimum absolute atomic E-state index is 0.0932. The van der Waals surface area contributed by atoms with Crippen LogP contribution in [0.25, 0.3) is 0 Å². The molecule has 2 N–H and O–H groups in total. The lowest BCUT2D eigenvalue weighted by Crippen LogP contribution is -2.23. The molecule has 0 unspecified atom stereocenters. The minimum atomic E-state index is -3.80. The van der Waals surface area contributed by atoms with E-state index in [-0.39, 0.29) is 23.0 Å². The van der Waals surface area contributed by atoms with Crippen molar-refractivity contribution in [1.29, 1.82) is 0 Å². The van der Waals surface area contributed by atoms with Crippen LogP contribution in [0.15, 0.2) is 77.7 Å². The van der Waals surface area contributed by atoms with Crippen molar-refractivity contribution in [2.24, 2.45) is 0 Å². The molecule has 0 fully saturated rings. The first-order chi connectivity index (χ1) is 14.9. The average molecular weight is 441 g/mol. The highest BCUT2D eigenvalue weighted by Gasteiger charge is 2.15. The van der Waals surface area contributed by atoms with Gasteiger partial charge in [0, 0.05) is 23.4 Å². The van der Waals surface area contributed by atoms with Crippen molar-refractivity contribution in [3.8, 4) is 11.5 Å². The van der Waals surface area contributed by atoms with Gasteiger partial charge in [0.1, 0.15) is 11.5 Å². The van der Waals surface area contributed by atoms with Crippen molar-refractivity contribution in [2.45, 2.75) is 18.4 Å². The highest BCUT2D eigenvalue weighted by atomic mass is 32.2. The van der Waals surface area contributed by atoms with E-state index in [0.717, 1.165) is 5.56 Å². The first kappa shape index (κ1) is 22.2. The first-order valence-corrected chi connectivity index (χ1v) is 11.2. The fourth-order valence-corrected chi connectivity index (χ4v) is 3.97. The van der Waals surface area contributed by atoms with E-state index in [2.05, 4.69) is 10.0 Å². The summed E-state index contributed by atoms with van der Waals surface area (Å²) in [5, 5.41) is 2.84. The Kier molecular flexibility index (Phi) is 7.15. The van der Waals surface area contributed by atoms with E-state index in [1.54, 1.807) is 30.3 Å². The van der Waals surface area contributed by atoms with Gasteiger partial charge in [-0.2, -0.15) is 0 Å². The third-order valence-corrected chi connectivity index (χ3v) is 5.86. The number of sulfonamides is 1. The van der Waals surface area contributed by atoms with Gasteiger partial charge in [-0.1, -0.05) is 24.3 Å². The van der Waals surface area contributed by atoms with Crippen LogP contribution in [0, 0.1) is 0 Å². The number of methoxy groups -OCH3 is 1. The van der Waals surface area contributed by atoms with Crippen LogP contribution in [0.3, 0.4) is 0 Å². The largest absolute Gasteiger partial charge is 0.497 e. The summed E-state index contributed by atoms with van der Waals surface area (Å²) < 4.78 is 38.4. The third kappa shape index (κ3) is 5.76. The SMILES string of the molecule is CCOc1ccccc1CNC(=O)c1cccc(NS(=O)(=O)c2ccc(OC)cc2)c1. The second kappa shape index (κ2) is 9.99. The smallest absolute Gasteiger partial charge is 0.261 e. The molecular formula is C23H24N2O5S. The summed E-state index contributed by atoms with van der Waals surface area (Å²) >= 11 is 0. The molecular weight excluding hydrogens is 416 g/mol. The number of anilines is 1. The zero-order chi connectivity index (χ0) is 22.3. The molecule has 0 saturated carbocycles. The summed E-state index contributed by atoms with van der Waals surface area (Å²) in [4.78, 5) is 12.7. The summed E-state index contributed by atoms with van der Waals surface area (Å²) in [5.41, 5.74) is 1.48. The zero-order valence-electron chi connectivity index (χ0n) is 17.3. The molecule has 0 aliphatic rings. The fourth-order valence-electron chi connectivity index (χ4n) is 2.92. The highest BCUT2D eigenvalue weighted by molar-refractivity contribution is 7.92. The standard InChI is InChI=1S/C23H24N2O5S/c1-3-30-22-10-5-4-7-18(22)16-24-23(26)17-8-6-9-19(15-17)25-31(27,28)21-13-11-20(29-2)12-14-21/h4-15,25H,3,16H2,1-2H3,(H,24,26). The molecule has 3 rings (SSSR count). The molecule has 0 atom stereocenters. The number of rotatable bonds is 9. The quantitative estimate of drug-likeness (QED) is 0.528. The van der Waals surface area contributed by atoms with E-state index >= 15 is 0 Å². The number of hydrogen-bond acceptors (Lipinski definition) is 5. The molecule has 0 aromatic heterocycles. The molecule has 0 aliphatic carbocycles. The summed E-state index contributed by atoms with van der Waals surface area (Å²) in [6.45, 7) is 2.71. The third-order valence-electron chi connectivity index (χ3n) is 4.46. The summed E-state index contributed by atoms with van der Waals surface area (Å²) in [5.74, 6) is 0.951. The van der Waals surface area contributed by atoms with E-state index in [0.29, 0.717) is 23.7 Å². The summed E-state index contributed by atoms with van der Waals surface area (Å²) in [6.07, 6.45) is 0. The van der Waals surface area contributed by atoms with E-state index in [1.165, 1.54) is 25.3 Å². The van der Waals surface area contributed by atoms with Crippen molar-refractivity contribution in [1.82, 2.24) is 5.32 Å². The average Bonchev–Trinajstić information content (AvgIpc) is 2.78. The maximum Gasteiger partial charge on any atom is 0.261 e. The van der Waals surface area contributed by atoms with Gasteiger partial charge in [-0.25, -0.2) is 8.42 Å². The molecule has 1 amide bonds. The van der Waals surface area contributed by atoms with Gasteiger partial charge < -0.3 is 14.8 Å². The van der Waals surface area contributed by atoms with Crippen LogP contribution < -0.4 is 19.5 Å². The van der Waals surface area contributed by atoms with Crippen molar-refractivity contribution in [3.63, 3.8) is 0 Å². The maximum absolute atomic E-state index is 12.6. The van der Waals surface area contributed by atoms with Gasteiger partial charge in [-0.05, 0) is 55.5 Å². The Labute approximate surface area is 182 Å². The van der Waals surface area contributed by atoms with Gasteiger partial charge in [-0.15, -0.1) is 0 Å². The molecule has 8 heteroatoms. The number of nitrogens with one attached hydrogen (secondary N) is 2. The highest BCUT2D eigenvalue weighted by Crippen LogP contribution is 2.21. The first-order valence-electron chi connectivity index (χ1n) is 9.69. The normalized spacial score (nSPS) is 10.9.